The lowest BCUT2D eigenvalue weighted by atomic mass is 9.91. The predicted octanol–water partition coefficient (Wildman–Crippen LogP) is 2.34. The molecule has 3 heterocycles. The number of nitrogens with two attached hydrogens (primary N) is 1. The molecule has 39 heavy (non-hydrogen) atoms. The molecule has 0 radical (unpaired) electrons. The summed E-state index contributed by atoms with van der Waals surface area (Å²) in [5.41, 5.74) is 6.10. The number of rotatable bonds is 10. The molecule has 4 rings (SSSR count). The summed E-state index contributed by atoms with van der Waals surface area (Å²) in [7, 11) is 1.54. The Morgan fingerprint density at radius 1 is 1.13 bits per heavy atom. The minimum Gasteiger partial charge on any atom is -0.462 e. The van der Waals surface area contributed by atoms with Gasteiger partial charge in [0.25, 0.3) is 5.91 Å². The Morgan fingerprint density at radius 3 is 2.44 bits per heavy atom. The summed E-state index contributed by atoms with van der Waals surface area (Å²) < 4.78 is 41.2. The maximum Gasteiger partial charge on any atom is 0.317 e. The summed E-state index contributed by atoms with van der Waals surface area (Å²) >= 11 is 0. The topological polar surface area (TPSA) is 161 Å². The highest BCUT2D eigenvalue weighted by molar-refractivity contribution is 5.85. The number of ether oxygens (including phenoxy) is 5. The molecule has 1 aliphatic heterocycles. The third kappa shape index (κ3) is 5.90. The van der Waals surface area contributed by atoms with Gasteiger partial charge >= 0.3 is 17.8 Å². The number of aromatic amines is 1. The van der Waals surface area contributed by atoms with Crippen LogP contribution in [0.15, 0.2) is 36.5 Å². The smallest absolute Gasteiger partial charge is 0.317 e. The van der Waals surface area contributed by atoms with Crippen molar-refractivity contribution in [2.45, 2.75) is 32.7 Å². The average molecular weight is 544 g/mol. The van der Waals surface area contributed by atoms with Crippen LogP contribution in [0, 0.1) is 11.2 Å². The van der Waals surface area contributed by atoms with Crippen LogP contribution in [0.1, 0.15) is 26.6 Å². The van der Waals surface area contributed by atoms with E-state index in [1.165, 1.54) is 30.5 Å². The summed E-state index contributed by atoms with van der Waals surface area (Å²) in [6, 6.07) is 7.28. The number of H-pyrrole nitrogens is 1. The summed E-state index contributed by atoms with van der Waals surface area (Å²) in [5.74, 6) is -4.19. The molecule has 1 aromatic carbocycles. The zero-order chi connectivity index (χ0) is 28.2. The fourth-order valence-electron chi connectivity index (χ4n) is 3.77. The van der Waals surface area contributed by atoms with Crippen molar-refractivity contribution in [3.63, 3.8) is 0 Å². The number of halogens is 1. The number of amides is 1. The van der Waals surface area contributed by atoms with Crippen LogP contribution in [0.3, 0.4) is 0 Å². The SMILES string of the molecule is COCCOc1nccc(-c2[nH]c(C3(C(N)=O)OCC(C)(C(=O)OC(C)C)CO3)nc2-c2ccc(F)cc2)n1. The van der Waals surface area contributed by atoms with Crippen molar-refractivity contribution in [3.8, 4) is 28.7 Å². The maximum atomic E-state index is 13.7. The van der Waals surface area contributed by atoms with E-state index in [0.29, 0.717) is 29.3 Å². The fraction of sp³-hybridized carbons (Fsp3) is 0.423. The first kappa shape index (κ1) is 28.1. The van der Waals surface area contributed by atoms with Crippen LogP contribution in [0.2, 0.25) is 0 Å². The van der Waals surface area contributed by atoms with Gasteiger partial charge in [-0.15, -0.1) is 0 Å². The van der Waals surface area contributed by atoms with Crippen LogP contribution in [-0.4, -0.2) is 71.5 Å². The monoisotopic (exact) mass is 543 g/mol. The molecule has 3 N–H and O–H groups in total. The highest BCUT2D eigenvalue weighted by atomic mass is 19.1. The van der Waals surface area contributed by atoms with Gasteiger partial charge < -0.3 is 34.4 Å². The van der Waals surface area contributed by atoms with Gasteiger partial charge in [-0.05, 0) is 51.1 Å². The van der Waals surface area contributed by atoms with Crippen molar-refractivity contribution in [2.24, 2.45) is 11.1 Å². The number of carbonyl (C=O) groups excluding carboxylic acids is 2. The molecule has 0 unspecified atom stereocenters. The second kappa shape index (κ2) is 11.4. The summed E-state index contributed by atoms with van der Waals surface area (Å²) in [4.78, 5) is 41.6. The van der Waals surface area contributed by atoms with Gasteiger partial charge in [-0.25, -0.2) is 14.4 Å². The lowest BCUT2D eigenvalue weighted by molar-refractivity contribution is -0.294. The van der Waals surface area contributed by atoms with Gasteiger partial charge in [0.15, 0.2) is 5.82 Å². The molecule has 1 amide bonds. The van der Waals surface area contributed by atoms with Crippen LogP contribution in [0.5, 0.6) is 6.01 Å². The number of esters is 1. The Balaban J connectivity index is 1.75. The molecule has 1 saturated heterocycles. The number of aromatic nitrogens is 4. The first-order valence-corrected chi connectivity index (χ1v) is 12.2. The van der Waals surface area contributed by atoms with E-state index in [0.717, 1.165) is 0 Å². The summed E-state index contributed by atoms with van der Waals surface area (Å²) in [6.45, 7) is 5.16. The van der Waals surface area contributed by atoms with Crippen LogP contribution >= 0.6 is 0 Å². The van der Waals surface area contributed by atoms with Crippen molar-refractivity contribution < 1.29 is 37.7 Å². The average Bonchev–Trinajstić information content (AvgIpc) is 3.35. The van der Waals surface area contributed by atoms with E-state index < -0.39 is 28.9 Å². The number of primary amides is 1. The number of benzene rings is 1. The van der Waals surface area contributed by atoms with E-state index in [-0.39, 0.29) is 37.8 Å². The molecule has 0 spiro atoms. The van der Waals surface area contributed by atoms with Gasteiger partial charge in [-0.3, -0.25) is 9.59 Å². The number of hydrogen-bond donors (Lipinski definition) is 2. The number of hydrogen-bond acceptors (Lipinski definition) is 10. The Morgan fingerprint density at radius 2 is 1.82 bits per heavy atom. The van der Waals surface area contributed by atoms with Crippen molar-refractivity contribution in [2.75, 3.05) is 33.5 Å². The lowest BCUT2D eigenvalue weighted by Crippen LogP contribution is -2.56. The minimum atomic E-state index is -2.14. The van der Waals surface area contributed by atoms with Gasteiger partial charge in [-0.1, -0.05) is 0 Å². The van der Waals surface area contributed by atoms with Crippen molar-refractivity contribution in [1.29, 1.82) is 0 Å². The quantitative estimate of drug-likeness (QED) is 0.287. The van der Waals surface area contributed by atoms with E-state index in [1.807, 2.05) is 0 Å². The van der Waals surface area contributed by atoms with Gasteiger partial charge in [0.2, 0.25) is 0 Å². The van der Waals surface area contributed by atoms with Gasteiger partial charge in [0.05, 0.1) is 43.0 Å². The minimum absolute atomic E-state index is 0.0796. The van der Waals surface area contributed by atoms with Crippen molar-refractivity contribution in [1.82, 2.24) is 19.9 Å². The highest BCUT2D eigenvalue weighted by Gasteiger charge is 2.54. The van der Waals surface area contributed by atoms with Gasteiger partial charge in [0, 0.05) is 18.9 Å². The molecule has 0 saturated carbocycles. The first-order chi connectivity index (χ1) is 18.6. The first-order valence-electron chi connectivity index (χ1n) is 12.2. The summed E-state index contributed by atoms with van der Waals surface area (Å²) in [6.07, 6.45) is 1.14. The number of imidazole rings is 1. The van der Waals surface area contributed by atoms with E-state index in [1.54, 1.807) is 33.9 Å². The standard InChI is InChI=1S/C26H30FN5O7/c1-15(2)39-23(34)25(3)13-37-26(21(28)33,38-14-25)22-31-19(16-5-7-17(27)8-6-16)20(32-22)18-9-10-29-24(30-18)36-12-11-35-4/h5-10,15H,11-14H2,1-4H3,(H2,28,33)(H,31,32). The molecule has 1 aliphatic rings. The van der Waals surface area contributed by atoms with E-state index in [9.17, 15) is 14.0 Å². The molecular weight excluding hydrogens is 513 g/mol. The third-order valence-corrected chi connectivity index (χ3v) is 5.89. The van der Waals surface area contributed by atoms with E-state index >= 15 is 0 Å². The normalized spacial score (nSPS) is 21.1. The predicted molar refractivity (Wildman–Crippen MR) is 134 cm³/mol. The molecule has 3 aromatic rings. The molecule has 2 aromatic heterocycles. The highest BCUT2D eigenvalue weighted by Crippen LogP contribution is 2.39. The lowest BCUT2D eigenvalue weighted by Gasteiger charge is -2.40. The largest absolute Gasteiger partial charge is 0.462 e. The maximum absolute atomic E-state index is 13.7. The number of nitrogens with zero attached hydrogens (tertiary/aromatic N) is 3. The zero-order valence-electron chi connectivity index (χ0n) is 22.0. The molecular formula is C26H30FN5O7. The molecule has 12 nitrogen and oxygen atoms in total. The van der Waals surface area contributed by atoms with Crippen LogP contribution in [-0.2, 0) is 34.3 Å². The van der Waals surface area contributed by atoms with E-state index in [2.05, 4.69) is 19.9 Å². The Labute approximate surface area is 224 Å². The zero-order valence-corrected chi connectivity index (χ0v) is 22.0. The molecule has 13 heteroatoms. The van der Waals surface area contributed by atoms with Gasteiger partial charge in [0.1, 0.15) is 17.8 Å². The number of carbonyl (C=O) groups is 2. The Kier molecular flexibility index (Phi) is 8.23. The van der Waals surface area contributed by atoms with Gasteiger partial charge in [-0.2, -0.15) is 4.98 Å². The van der Waals surface area contributed by atoms with E-state index in [4.69, 9.17) is 29.4 Å². The molecule has 0 bridgehead atoms. The molecule has 0 aliphatic carbocycles. The Hall–Kier alpha value is -3.94. The van der Waals surface area contributed by atoms with Crippen molar-refractivity contribution >= 4 is 11.9 Å². The summed E-state index contributed by atoms with van der Waals surface area (Å²) in [5, 5.41) is 0. The fourth-order valence-corrected chi connectivity index (χ4v) is 3.77. The number of methoxy groups -OCH3 is 1. The third-order valence-electron chi connectivity index (χ3n) is 5.89. The number of nitrogens with one attached hydrogen (secondary N) is 1. The molecule has 208 valence electrons. The second-order valence-corrected chi connectivity index (χ2v) is 9.45. The van der Waals surface area contributed by atoms with Crippen LogP contribution in [0.4, 0.5) is 4.39 Å². The van der Waals surface area contributed by atoms with Crippen molar-refractivity contribution in [3.05, 3.63) is 48.2 Å². The second-order valence-electron chi connectivity index (χ2n) is 9.45. The van der Waals surface area contributed by atoms with Crippen LogP contribution < -0.4 is 10.5 Å². The molecule has 0 atom stereocenters. The van der Waals surface area contributed by atoms with Crippen LogP contribution in [0.25, 0.3) is 22.6 Å². The Bertz CT molecular complexity index is 1320. The molecule has 1 fully saturated rings.